The van der Waals surface area contributed by atoms with Crippen molar-refractivity contribution in [2.24, 2.45) is 5.92 Å². The predicted molar refractivity (Wildman–Crippen MR) is 103 cm³/mol. The molecule has 0 unspecified atom stereocenters. The molecule has 3 rings (SSSR count). The minimum absolute atomic E-state index is 0.264. The van der Waals surface area contributed by atoms with Crippen LogP contribution in [0.4, 0.5) is 18.9 Å². The van der Waals surface area contributed by atoms with Gasteiger partial charge in [0.1, 0.15) is 5.92 Å². The number of rotatable bonds is 3. The normalized spacial score (nSPS) is 19.8. The number of hydrogen-bond acceptors (Lipinski definition) is 2. The van der Waals surface area contributed by atoms with Crippen molar-refractivity contribution >= 4 is 33.4 Å². The van der Waals surface area contributed by atoms with Gasteiger partial charge in [0.2, 0.25) is 11.8 Å². The second-order valence-corrected chi connectivity index (χ2v) is 7.68. The molecule has 0 bridgehead atoms. The summed E-state index contributed by atoms with van der Waals surface area (Å²) in [4.78, 5) is 26.9. The molecule has 2 atom stereocenters. The Morgan fingerprint density at radius 1 is 1.18 bits per heavy atom. The summed E-state index contributed by atoms with van der Waals surface area (Å²) in [5, 5.41) is 2.78. The summed E-state index contributed by atoms with van der Waals surface area (Å²) in [5.74, 6) is -2.34. The zero-order valence-electron chi connectivity index (χ0n) is 15.2. The van der Waals surface area contributed by atoms with Gasteiger partial charge < -0.3 is 10.2 Å². The molecule has 4 nitrogen and oxygen atoms in total. The summed E-state index contributed by atoms with van der Waals surface area (Å²) in [6, 6.07) is 9.97. The molecule has 1 saturated heterocycles. The molecule has 1 aliphatic heterocycles. The first-order valence-electron chi connectivity index (χ1n) is 8.57. The summed E-state index contributed by atoms with van der Waals surface area (Å²) in [6.45, 7) is 2.09. The lowest BCUT2D eigenvalue weighted by atomic mass is 9.87. The molecule has 2 aromatic carbocycles. The number of likely N-dealkylation sites (N-methyl/N-ethyl adjacent to an activating group) is 1. The zero-order valence-corrected chi connectivity index (χ0v) is 16.8. The van der Waals surface area contributed by atoms with Gasteiger partial charge in [-0.25, -0.2) is 0 Å². The predicted octanol–water partition coefficient (Wildman–Crippen LogP) is 4.59. The lowest BCUT2D eigenvalue weighted by Crippen LogP contribution is -2.32. The van der Waals surface area contributed by atoms with E-state index in [-0.39, 0.29) is 12.5 Å². The van der Waals surface area contributed by atoms with Gasteiger partial charge >= 0.3 is 6.18 Å². The van der Waals surface area contributed by atoms with Crippen LogP contribution < -0.4 is 5.32 Å². The van der Waals surface area contributed by atoms with E-state index in [4.69, 9.17) is 0 Å². The first-order valence-corrected chi connectivity index (χ1v) is 9.37. The molecule has 148 valence electrons. The molecular weight excluding hydrogens is 437 g/mol. The van der Waals surface area contributed by atoms with Crippen molar-refractivity contribution < 1.29 is 22.8 Å². The van der Waals surface area contributed by atoms with Crippen molar-refractivity contribution in [3.8, 4) is 0 Å². The van der Waals surface area contributed by atoms with Crippen molar-refractivity contribution in [1.29, 1.82) is 0 Å². The largest absolute Gasteiger partial charge is 0.416 e. The van der Waals surface area contributed by atoms with Gasteiger partial charge in [-0.15, -0.1) is 0 Å². The average molecular weight is 455 g/mol. The fourth-order valence-corrected chi connectivity index (χ4v) is 3.73. The lowest BCUT2D eigenvalue weighted by Gasteiger charge is -2.18. The van der Waals surface area contributed by atoms with Crippen LogP contribution in [0.3, 0.4) is 0 Å². The Morgan fingerprint density at radius 2 is 1.82 bits per heavy atom. The maximum Gasteiger partial charge on any atom is 0.416 e. The zero-order chi connectivity index (χ0) is 20.6. The number of nitrogens with zero attached hydrogens (tertiary/aromatic N) is 1. The Labute approximate surface area is 168 Å². The Hall–Kier alpha value is -2.35. The SMILES string of the molecule is Cc1c(Br)cccc1NC(=O)[C@@H]1C(=O)N(C)C[C@H]1c1ccc(C(F)(F)F)cc1. The summed E-state index contributed by atoms with van der Waals surface area (Å²) in [5.41, 5.74) is 1.16. The summed E-state index contributed by atoms with van der Waals surface area (Å²) < 4.78 is 39.2. The van der Waals surface area contributed by atoms with Crippen LogP contribution in [0.1, 0.15) is 22.6 Å². The minimum atomic E-state index is -4.43. The highest BCUT2D eigenvalue weighted by Crippen LogP contribution is 2.36. The van der Waals surface area contributed by atoms with Crippen LogP contribution in [0.15, 0.2) is 46.9 Å². The van der Waals surface area contributed by atoms with Gasteiger partial charge in [0.15, 0.2) is 0 Å². The van der Waals surface area contributed by atoms with E-state index >= 15 is 0 Å². The van der Waals surface area contributed by atoms with Crippen molar-refractivity contribution in [3.05, 3.63) is 63.6 Å². The molecule has 0 spiro atoms. The van der Waals surface area contributed by atoms with E-state index < -0.39 is 29.5 Å². The molecular formula is C20H18BrF3N2O2. The standard InChI is InChI=1S/C20H18BrF3N2O2/c1-11-15(21)4-3-5-16(11)25-18(27)17-14(10-26(2)19(17)28)12-6-8-13(9-7-12)20(22,23)24/h3-9,14,17H,10H2,1-2H3,(H,25,27)/t14-,17+/m0/s1. The van der Waals surface area contributed by atoms with E-state index in [0.29, 0.717) is 11.3 Å². The van der Waals surface area contributed by atoms with Crippen molar-refractivity contribution in [2.45, 2.75) is 19.0 Å². The molecule has 2 amide bonds. The molecule has 0 radical (unpaired) electrons. The van der Waals surface area contributed by atoms with Crippen LogP contribution >= 0.6 is 15.9 Å². The molecule has 1 N–H and O–H groups in total. The minimum Gasteiger partial charge on any atom is -0.344 e. The van der Waals surface area contributed by atoms with Crippen LogP contribution in [0, 0.1) is 12.8 Å². The van der Waals surface area contributed by atoms with Crippen molar-refractivity contribution in [2.75, 3.05) is 18.9 Å². The Balaban J connectivity index is 1.88. The quantitative estimate of drug-likeness (QED) is 0.689. The van der Waals surface area contributed by atoms with Gasteiger partial charge in [-0.05, 0) is 42.3 Å². The summed E-state index contributed by atoms with van der Waals surface area (Å²) in [6.07, 6.45) is -4.43. The topological polar surface area (TPSA) is 49.4 Å². The first kappa shape index (κ1) is 20.4. The molecule has 2 aromatic rings. The highest BCUT2D eigenvalue weighted by molar-refractivity contribution is 9.10. The highest BCUT2D eigenvalue weighted by atomic mass is 79.9. The fraction of sp³-hybridized carbons (Fsp3) is 0.300. The van der Waals surface area contributed by atoms with Gasteiger partial charge in [0.05, 0.1) is 5.56 Å². The van der Waals surface area contributed by atoms with Gasteiger partial charge in [-0.2, -0.15) is 13.2 Å². The van der Waals surface area contributed by atoms with Crippen molar-refractivity contribution in [3.63, 3.8) is 0 Å². The van der Waals surface area contributed by atoms with Gasteiger partial charge in [0.25, 0.3) is 0 Å². The van der Waals surface area contributed by atoms with Crippen LogP contribution in [-0.4, -0.2) is 30.3 Å². The number of amides is 2. The maximum atomic E-state index is 12.9. The van der Waals surface area contributed by atoms with E-state index in [2.05, 4.69) is 21.2 Å². The molecule has 1 fully saturated rings. The fourth-order valence-electron chi connectivity index (χ4n) is 3.37. The van der Waals surface area contributed by atoms with E-state index in [1.54, 1.807) is 19.2 Å². The molecule has 1 aliphatic rings. The van der Waals surface area contributed by atoms with E-state index in [1.165, 1.54) is 17.0 Å². The number of nitrogens with one attached hydrogen (secondary N) is 1. The van der Waals surface area contributed by atoms with Crippen LogP contribution in [0.25, 0.3) is 0 Å². The third kappa shape index (κ3) is 3.92. The third-order valence-electron chi connectivity index (χ3n) is 4.99. The maximum absolute atomic E-state index is 12.9. The Bertz CT molecular complexity index is 913. The van der Waals surface area contributed by atoms with E-state index in [1.807, 2.05) is 13.0 Å². The molecule has 8 heteroatoms. The highest BCUT2D eigenvalue weighted by Gasteiger charge is 2.44. The number of benzene rings is 2. The second-order valence-electron chi connectivity index (χ2n) is 6.82. The number of alkyl halides is 3. The molecule has 0 aliphatic carbocycles. The number of halogens is 4. The molecule has 0 aromatic heterocycles. The lowest BCUT2D eigenvalue weighted by molar-refractivity contribution is -0.138. The monoisotopic (exact) mass is 454 g/mol. The van der Waals surface area contributed by atoms with Gasteiger partial charge in [-0.1, -0.05) is 34.1 Å². The Morgan fingerprint density at radius 3 is 2.43 bits per heavy atom. The van der Waals surface area contributed by atoms with E-state index in [0.717, 1.165) is 22.2 Å². The van der Waals surface area contributed by atoms with Crippen molar-refractivity contribution in [1.82, 2.24) is 4.90 Å². The molecule has 28 heavy (non-hydrogen) atoms. The average Bonchev–Trinajstić information content (AvgIpc) is 2.93. The second kappa shape index (κ2) is 7.58. The van der Waals surface area contributed by atoms with Gasteiger partial charge in [-0.3, -0.25) is 9.59 Å². The van der Waals surface area contributed by atoms with Crippen LogP contribution in [0.2, 0.25) is 0 Å². The van der Waals surface area contributed by atoms with Gasteiger partial charge in [0, 0.05) is 29.7 Å². The summed E-state index contributed by atoms with van der Waals surface area (Å²) in [7, 11) is 1.58. The first-order chi connectivity index (χ1) is 13.1. The smallest absolute Gasteiger partial charge is 0.344 e. The number of anilines is 1. The number of hydrogen-bond donors (Lipinski definition) is 1. The summed E-state index contributed by atoms with van der Waals surface area (Å²) >= 11 is 3.39. The number of carbonyl (C=O) groups is 2. The molecule has 1 heterocycles. The Kier molecular flexibility index (Phi) is 5.52. The van der Waals surface area contributed by atoms with E-state index in [9.17, 15) is 22.8 Å². The van der Waals surface area contributed by atoms with Crippen LogP contribution in [0.5, 0.6) is 0 Å². The third-order valence-corrected chi connectivity index (χ3v) is 5.85. The van der Waals surface area contributed by atoms with Crippen LogP contribution in [-0.2, 0) is 15.8 Å². The number of likely N-dealkylation sites (tertiary alicyclic amines) is 1. The number of carbonyl (C=O) groups excluding carboxylic acids is 2. The molecule has 0 saturated carbocycles.